The summed E-state index contributed by atoms with van der Waals surface area (Å²) in [6.45, 7) is -3.14. The van der Waals surface area contributed by atoms with E-state index in [0.29, 0.717) is 9.08 Å². The summed E-state index contributed by atoms with van der Waals surface area (Å²) in [6, 6.07) is 2.86. The Bertz CT molecular complexity index is 679. The van der Waals surface area contributed by atoms with Crippen LogP contribution in [-0.4, -0.2) is 22.7 Å². The maximum absolute atomic E-state index is 13.1. The van der Waals surface area contributed by atoms with Gasteiger partial charge in [0, 0.05) is 6.07 Å². The van der Waals surface area contributed by atoms with Gasteiger partial charge in [-0.3, -0.25) is 9.89 Å². The Balaban J connectivity index is 2.26. The van der Waals surface area contributed by atoms with Crippen LogP contribution in [-0.2, 0) is 0 Å². The molecular weight excluding hydrogens is 423 g/mol. The lowest BCUT2D eigenvalue weighted by Gasteiger charge is -2.11. The number of amides is 1. The van der Waals surface area contributed by atoms with Gasteiger partial charge in [0.05, 0.1) is 10.2 Å². The van der Waals surface area contributed by atoms with Gasteiger partial charge in [0.25, 0.3) is 5.91 Å². The Labute approximate surface area is 133 Å². The Morgan fingerprint density at radius 1 is 1.38 bits per heavy atom. The molecule has 1 heterocycles. The van der Waals surface area contributed by atoms with Crippen molar-refractivity contribution in [3.63, 3.8) is 0 Å². The van der Waals surface area contributed by atoms with Crippen LogP contribution in [0.4, 0.5) is 18.9 Å². The number of aromatic nitrogens is 2. The quantitative estimate of drug-likeness (QED) is 0.775. The van der Waals surface area contributed by atoms with Crippen LogP contribution in [0, 0.1) is 5.82 Å². The number of halogens is 5. The molecule has 1 aromatic heterocycles. The number of aromatic amines is 1. The lowest BCUT2D eigenvalue weighted by molar-refractivity contribution is -0.0495. The zero-order valence-electron chi connectivity index (χ0n) is 9.96. The van der Waals surface area contributed by atoms with Crippen molar-refractivity contribution in [2.45, 2.75) is 6.61 Å². The van der Waals surface area contributed by atoms with Gasteiger partial charge in [0.1, 0.15) is 10.4 Å². The van der Waals surface area contributed by atoms with E-state index < -0.39 is 24.1 Å². The molecule has 0 aliphatic rings. The lowest BCUT2D eigenvalue weighted by atomic mass is 10.2. The van der Waals surface area contributed by atoms with Crippen LogP contribution in [0.3, 0.4) is 0 Å². The van der Waals surface area contributed by atoms with Gasteiger partial charge in [-0.25, -0.2) is 4.39 Å². The van der Waals surface area contributed by atoms with Crippen molar-refractivity contribution in [3.8, 4) is 5.75 Å². The van der Waals surface area contributed by atoms with E-state index in [-0.39, 0.29) is 11.4 Å². The van der Waals surface area contributed by atoms with E-state index in [1.54, 1.807) is 0 Å². The Morgan fingerprint density at radius 3 is 2.67 bits per heavy atom. The highest BCUT2D eigenvalue weighted by molar-refractivity contribution is 9.13. The molecule has 0 aliphatic heterocycles. The molecule has 0 saturated carbocycles. The largest absolute Gasteiger partial charge is 0.432 e. The monoisotopic (exact) mass is 427 g/mol. The number of ether oxygens (including phenoxy) is 1. The Kier molecular flexibility index (Phi) is 4.88. The van der Waals surface area contributed by atoms with Crippen LogP contribution < -0.4 is 10.1 Å². The molecule has 2 N–H and O–H groups in total. The summed E-state index contributed by atoms with van der Waals surface area (Å²) in [4.78, 5) is 12.0. The van der Waals surface area contributed by atoms with Crippen molar-refractivity contribution in [2.75, 3.05) is 5.32 Å². The first-order chi connectivity index (χ1) is 9.88. The van der Waals surface area contributed by atoms with Crippen molar-refractivity contribution in [1.29, 1.82) is 0 Å². The molecule has 0 radical (unpaired) electrons. The molecule has 0 atom stereocenters. The number of nitrogens with one attached hydrogen (secondary N) is 2. The highest BCUT2D eigenvalue weighted by Crippen LogP contribution is 2.29. The number of benzene rings is 1. The van der Waals surface area contributed by atoms with Crippen LogP contribution in [0.25, 0.3) is 0 Å². The average molecular weight is 429 g/mol. The fraction of sp³-hybridized carbons (Fsp3) is 0.0909. The highest BCUT2D eigenvalue weighted by atomic mass is 79.9. The van der Waals surface area contributed by atoms with Gasteiger partial charge in [-0.15, -0.1) is 0 Å². The molecule has 0 bridgehead atoms. The second-order valence-corrected chi connectivity index (χ2v) is 5.26. The molecule has 5 nitrogen and oxygen atoms in total. The van der Waals surface area contributed by atoms with Crippen LogP contribution >= 0.6 is 31.9 Å². The maximum atomic E-state index is 13.1. The Morgan fingerprint density at radius 2 is 2.10 bits per heavy atom. The molecule has 0 unspecified atom stereocenters. The number of nitrogens with zero attached hydrogens (tertiary/aromatic N) is 1. The highest BCUT2D eigenvalue weighted by Gasteiger charge is 2.19. The van der Waals surface area contributed by atoms with Crippen LogP contribution in [0.1, 0.15) is 10.5 Å². The first-order valence-electron chi connectivity index (χ1n) is 5.33. The number of hydrogen-bond donors (Lipinski definition) is 2. The smallest absolute Gasteiger partial charge is 0.387 e. The van der Waals surface area contributed by atoms with Crippen LogP contribution in [0.2, 0.25) is 0 Å². The zero-order chi connectivity index (χ0) is 15.6. The summed E-state index contributed by atoms with van der Waals surface area (Å²) in [7, 11) is 0. The molecule has 10 heteroatoms. The number of carbonyl (C=O) groups excluding carboxylic acids is 1. The molecule has 1 aromatic carbocycles. The van der Waals surface area contributed by atoms with E-state index in [4.69, 9.17) is 0 Å². The first kappa shape index (κ1) is 15.8. The summed E-state index contributed by atoms with van der Waals surface area (Å²) in [5.41, 5.74) is -0.109. The SMILES string of the molecule is O=C(Nc1ccc(F)cc1OC(F)F)c1n[nH]c(Br)c1Br. The van der Waals surface area contributed by atoms with Crippen molar-refractivity contribution in [3.05, 3.63) is 38.8 Å². The van der Waals surface area contributed by atoms with Gasteiger partial charge >= 0.3 is 6.61 Å². The molecule has 21 heavy (non-hydrogen) atoms. The first-order valence-corrected chi connectivity index (χ1v) is 6.92. The number of H-pyrrole nitrogens is 1. The van der Waals surface area contributed by atoms with E-state index in [1.165, 1.54) is 0 Å². The third-order valence-electron chi connectivity index (χ3n) is 2.29. The fourth-order valence-corrected chi connectivity index (χ4v) is 2.07. The molecule has 1 amide bonds. The predicted molar refractivity (Wildman–Crippen MR) is 75.0 cm³/mol. The van der Waals surface area contributed by atoms with Crippen molar-refractivity contribution >= 4 is 43.5 Å². The molecule has 2 rings (SSSR count). The predicted octanol–water partition coefficient (Wildman–Crippen LogP) is 3.93. The molecular formula is C11H6Br2F3N3O2. The summed E-state index contributed by atoms with van der Waals surface area (Å²) in [5.74, 6) is -1.94. The topological polar surface area (TPSA) is 67.0 Å². The number of rotatable bonds is 4. The van der Waals surface area contributed by atoms with E-state index in [1.807, 2.05) is 0 Å². The van der Waals surface area contributed by atoms with Crippen molar-refractivity contribution < 1.29 is 22.7 Å². The molecule has 0 aliphatic carbocycles. The lowest BCUT2D eigenvalue weighted by Crippen LogP contribution is -2.15. The van der Waals surface area contributed by atoms with Gasteiger partial charge in [-0.2, -0.15) is 13.9 Å². The second kappa shape index (κ2) is 6.48. The normalized spacial score (nSPS) is 10.8. The van der Waals surface area contributed by atoms with Crippen molar-refractivity contribution in [1.82, 2.24) is 10.2 Å². The fourth-order valence-electron chi connectivity index (χ4n) is 1.43. The minimum absolute atomic E-state index is 0.00537. The maximum Gasteiger partial charge on any atom is 0.387 e. The van der Waals surface area contributed by atoms with E-state index in [2.05, 4.69) is 52.1 Å². The van der Waals surface area contributed by atoms with Gasteiger partial charge < -0.3 is 10.1 Å². The van der Waals surface area contributed by atoms with Gasteiger partial charge in [0.2, 0.25) is 0 Å². The third-order valence-corrected chi connectivity index (χ3v) is 4.17. The van der Waals surface area contributed by atoms with Gasteiger partial charge in [-0.05, 0) is 44.0 Å². The van der Waals surface area contributed by atoms with Crippen LogP contribution in [0.5, 0.6) is 5.75 Å². The minimum atomic E-state index is -3.14. The average Bonchev–Trinajstić information content (AvgIpc) is 2.72. The number of carbonyl (C=O) groups is 1. The van der Waals surface area contributed by atoms with E-state index in [9.17, 15) is 18.0 Å². The van der Waals surface area contributed by atoms with Crippen molar-refractivity contribution in [2.24, 2.45) is 0 Å². The molecule has 0 spiro atoms. The van der Waals surface area contributed by atoms with Gasteiger partial charge in [0.15, 0.2) is 11.4 Å². The minimum Gasteiger partial charge on any atom is -0.432 e. The molecule has 0 saturated heterocycles. The zero-order valence-corrected chi connectivity index (χ0v) is 13.1. The van der Waals surface area contributed by atoms with E-state index >= 15 is 0 Å². The summed E-state index contributed by atoms with van der Waals surface area (Å²) in [5, 5.41) is 8.55. The number of anilines is 1. The molecule has 0 fully saturated rings. The van der Waals surface area contributed by atoms with Crippen LogP contribution in [0.15, 0.2) is 27.3 Å². The molecule has 2 aromatic rings. The summed E-state index contributed by atoms with van der Waals surface area (Å²) in [6.07, 6.45) is 0. The second-order valence-electron chi connectivity index (χ2n) is 3.67. The summed E-state index contributed by atoms with van der Waals surface area (Å²) >= 11 is 6.23. The summed E-state index contributed by atoms with van der Waals surface area (Å²) < 4.78 is 42.6. The third kappa shape index (κ3) is 3.76. The van der Waals surface area contributed by atoms with E-state index in [0.717, 1.165) is 18.2 Å². The van der Waals surface area contributed by atoms with Gasteiger partial charge in [-0.1, -0.05) is 0 Å². The molecule has 112 valence electrons. The Hall–Kier alpha value is -1.55. The number of hydrogen-bond acceptors (Lipinski definition) is 3. The number of alkyl halides is 2. The standard InChI is InChI=1S/C11H6Br2F3N3O2/c12-7-8(18-19-9(7)13)10(20)17-5-2-1-4(14)3-6(5)21-11(15)16/h1-3,11H,(H,17,20)(H,18,19).